The number of nitrogens with zero attached hydrogens (tertiary/aromatic N) is 6. The van der Waals surface area contributed by atoms with Gasteiger partial charge < -0.3 is 50.5 Å². The third kappa shape index (κ3) is 8.20. The summed E-state index contributed by atoms with van der Waals surface area (Å²) in [6.07, 6.45) is -4.42. The van der Waals surface area contributed by atoms with Crippen LogP contribution in [0.15, 0.2) is 67.5 Å². The van der Waals surface area contributed by atoms with Gasteiger partial charge in [0.25, 0.3) is 0 Å². The van der Waals surface area contributed by atoms with Crippen LogP contribution < -0.4 is 11.9 Å². The Kier molecular flexibility index (Phi) is 13.0. The topological polar surface area (TPSA) is 228 Å². The van der Waals surface area contributed by atoms with Crippen LogP contribution in [-0.4, -0.2) is 99.3 Å². The van der Waals surface area contributed by atoms with Crippen LogP contribution in [0.4, 0.5) is 23.4 Å². The molecule has 0 amide bonds. The Labute approximate surface area is 304 Å². The molecule has 53 heavy (non-hydrogen) atoms. The number of rotatable bonds is 6. The van der Waals surface area contributed by atoms with Crippen LogP contribution in [0.1, 0.15) is 50.0 Å². The zero-order valence-corrected chi connectivity index (χ0v) is 29.4. The number of esters is 1. The lowest BCUT2D eigenvalue weighted by atomic mass is 10.1. The van der Waals surface area contributed by atoms with E-state index in [0.29, 0.717) is 10.8 Å². The summed E-state index contributed by atoms with van der Waals surface area (Å²) in [6.45, 7) is 4.43. The molecule has 2 fully saturated rings. The minimum absolute atomic E-state index is 0. The van der Waals surface area contributed by atoms with Gasteiger partial charge in [0, 0.05) is 18.5 Å². The Bertz CT molecular complexity index is 1980. The molecule has 6 atom stereocenters. The molecular formula is C33H39ClF4N8O7. The number of aromatic nitrogens is 6. The number of nitrogen functional groups attached to an aromatic ring is 1. The van der Waals surface area contributed by atoms with Gasteiger partial charge >= 0.3 is 17.8 Å². The van der Waals surface area contributed by atoms with Crippen molar-refractivity contribution >= 4 is 45.5 Å². The molecule has 0 saturated carbocycles. The summed E-state index contributed by atoms with van der Waals surface area (Å²) in [7, 11) is 0. The van der Waals surface area contributed by atoms with Crippen molar-refractivity contribution in [3.05, 3.63) is 78.2 Å². The highest BCUT2D eigenvalue weighted by molar-refractivity contribution is 6.33. The molecule has 6 heterocycles. The van der Waals surface area contributed by atoms with E-state index < -0.39 is 61.3 Å². The molecule has 5 aromatic rings. The standard InChI is InChI=1S/C19H16ClF2N3O3.C11H12F2N4O3.C3H8O.H3N/c1-2-13-14(28-17(26)11-6-4-3-5-7-11)19(21,22)18(27-13)25-9-8-12-15(20)23-10-24-16(12)25;12-11(13)7(19)6(3-18)20-10(11)17-2-1-5-8(14)15-4-16-9(5)17;1-3(2)4;/h3-10,13-14,18H,2H2,1H3;1-2,4,6-7,10,18-19H,3H2,(H2,14,15,16);3-4H,1-2H3;1H3/t13-,14-,18-;6-,7-,10-;;/m11../s1. The quantitative estimate of drug-likeness (QED) is 0.0897. The summed E-state index contributed by atoms with van der Waals surface area (Å²) in [6, 6.07) is 11.0. The number of nitrogens with two attached hydrogens (primary N) is 1. The van der Waals surface area contributed by atoms with Crippen LogP contribution in [0, 0.1) is 0 Å². The van der Waals surface area contributed by atoms with Gasteiger partial charge in [0.1, 0.15) is 47.1 Å². The Morgan fingerprint density at radius 2 is 1.45 bits per heavy atom. The van der Waals surface area contributed by atoms with E-state index in [1.165, 1.54) is 41.5 Å². The van der Waals surface area contributed by atoms with Crippen molar-refractivity contribution in [2.45, 2.75) is 82.0 Å². The highest BCUT2D eigenvalue weighted by Crippen LogP contribution is 2.47. The zero-order chi connectivity index (χ0) is 38.0. The molecule has 0 spiro atoms. The Morgan fingerprint density at radius 3 is 2.02 bits per heavy atom. The maximum absolute atomic E-state index is 15.3. The van der Waals surface area contributed by atoms with E-state index in [0.717, 1.165) is 10.9 Å². The van der Waals surface area contributed by atoms with Crippen molar-refractivity contribution in [2.24, 2.45) is 0 Å². The minimum atomic E-state index is -3.56. The smallest absolute Gasteiger partial charge is 0.338 e. The second-order valence-electron chi connectivity index (χ2n) is 12.1. The predicted octanol–water partition coefficient (Wildman–Crippen LogP) is 4.70. The molecule has 8 N–H and O–H groups in total. The van der Waals surface area contributed by atoms with Gasteiger partial charge in [0.05, 0.1) is 22.9 Å². The predicted molar refractivity (Wildman–Crippen MR) is 184 cm³/mol. The van der Waals surface area contributed by atoms with Crippen LogP contribution >= 0.6 is 11.6 Å². The molecule has 4 aromatic heterocycles. The van der Waals surface area contributed by atoms with E-state index in [1.54, 1.807) is 45.0 Å². The van der Waals surface area contributed by atoms with Crippen LogP contribution in [0.3, 0.4) is 0 Å². The highest BCUT2D eigenvalue weighted by Gasteiger charge is 2.62. The first-order valence-corrected chi connectivity index (χ1v) is 16.3. The summed E-state index contributed by atoms with van der Waals surface area (Å²) in [5.41, 5.74) is 6.22. The van der Waals surface area contributed by atoms with E-state index in [1.807, 2.05) is 0 Å². The number of fused-ring (bicyclic) bond motifs is 2. The van der Waals surface area contributed by atoms with Crippen molar-refractivity contribution in [2.75, 3.05) is 12.3 Å². The maximum Gasteiger partial charge on any atom is 0.338 e. The molecule has 2 aliphatic heterocycles. The lowest BCUT2D eigenvalue weighted by Crippen LogP contribution is -2.41. The largest absolute Gasteiger partial charge is 0.449 e. The lowest BCUT2D eigenvalue weighted by Gasteiger charge is -2.24. The van der Waals surface area contributed by atoms with Crippen LogP contribution in [-0.2, 0) is 14.2 Å². The molecule has 288 valence electrons. The van der Waals surface area contributed by atoms with E-state index in [2.05, 4.69) is 19.9 Å². The normalized spacial score (nSPS) is 24.2. The highest BCUT2D eigenvalue weighted by atomic mass is 35.5. The second kappa shape index (κ2) is 16.7. The first-order valence-electron chi connectivity index (χ1n) is 16.0. The van der Waals surface area contributed by atoms with Crippen molar-refractivity contribution < 1.29 is 51.9 Å². The van der Waals surface area contributed by atoms with Crippen LogP contribution in [0.25, 0.3) is 22.1 Å². The Hall–Kier alpha value is -4.50. The molecular weight excluding hydrogens is 732 g/mol. The number of aliphatic hydroxyl groups excluding tert-OH is 3. The van der Waals surface area contributed by atoms with Gasteiger partial charge in [-0.15, -0.1) is 0 Å². The Balaban J connectivity index is 0.000000220. The van der Waals surface area contributed by atoms with Gasteiger partial charge in [-0.1, -0.05) is 36.7 Å². The minimum Gasteiger partial charge on any atom is -0.449 e. The Morgan fingerprint density at radius 1 is 0.925 bits per heavy atom. The van der Waals surface area contributed by atoms with Crippen LogP contribution in [0.2, 0.25) is 5.15 Å². The van der Waals surface area contributed by atoms with Crippen LogP contribution in [0.5, 0.6) is 0 Å². The van der Waals surface area contributed by atoms with Gasteiger partial charge in [-0.25, -0.2) is 24.7 Å². The van der Waals surface area contributed by atoms with E-state index >= 15 is 8.78 Å². The summed E-state index contributed by atoms with van der Waals surface area (Å²) >= 11 is 6.01. The summed E-state index contributed by atoms with van der Waals surface area (Å²) in [5.74, 6) is -7.70. The molecule has 15 nitrogen and oxygen atoms in total. The van der Waals surface area contributed by atoms with Crippen molar-refractivity contribution in [1.82, 2.24) is 35.2 Å². The first-order chi connectivity index (χ1) is 24.6. The second-order valence-corrected chi connectivity index (χ2v) is 12.4. The number of aliphatic hydroxyl groups is 3. The van der Waals surface area contributed by atoms with Crippen molar-refractivity contribution in [3.8, 4) is 0 Å². The molecule has 2 aliphatic rings. The molecule has 1 aromatic carbocycles. The van der Waals surface area contributed by atoms with Gasteiger partial charge in [-0.2, -0.15) is 17.6 Å². The summed E-state index contributed by atoms with van der Waals surface area (Å²) < 4.78 is 76.8. The van der Waals surface area contributed by atoms with Gasteiger partial charge in [0.15, 0.2) is 12.2 Å². The number of benzene rings is 1. The lowest BCUT2D eigenvalue weighted by molar-refractivity contribution is -0.140. The van der Waals surface area contributed by atoms with E-state index in [4.69, 9.17) is 41.8 Å². The zero-order valence-electron chi connectivity index (χ0n) is 28.6. The number of anilines is 1. The molecule has 7 rings (SSSR count). The number of alkyl halides is 4. The SMILES string of the molecule is CC(C)O.CC[C@H]1O[C@@H](n2ccc3c(Cl)ncnc32)C(F)(F)[C@@H]1OC(=O)c1ccccc1.N.Nc1ncnc2c1ccn2[C@@H]1O[C@H](CO)[C@@H](O)C1(F)F. The number of hydrogen-bond donors (Lipinski definition) is 5. The van der Waals surface area contributed by atoms with E-state index in [9.17, 15) is 18.7 Å². The first kappa shape index (κ1) is 41.3. The fourth-order valence-electron chi connectivity index (χ4n) is 5.62. The molecule has 0 unspecified atom stereocenters. The fourth-order valence-corrected chi connectivity index (χ4v) is 5.81. The van der Waals surface area contributed by atoms with Gasteiger partial charge in [0.2, 0.25) is 12.5 Å². The average molecular weight is 771 g/mol. The van der Waals surface area contributed by atoms with Gasteiger partial charge in [-0.3, -0.25) is 0 Å². The number of carbonyl (C=O) groups is 1. The average Bonchev–Trinajstić information content (AvgIpc) is 3.84. The van der Waals surface area contributed by atoms with Crippen molar-refractivity contribution in [3.63, 3.8) is 0 Å². The summed E-state index contributed by atoms with van der Waals surface area (Å²) in [4.78, 5) is 27.9. The number of halogens is 5. The number of hydrogen-bond acceptors (Lipinski definition) is 13. The van der Waals surface area contributed by atoms with Crippen molar-refractivity contribution in [1.29, 1.82) is 0 Å². The molecule has 2 saturated heterocycles. The number of carbonyl (C=O) groups excluding carboxylic acids is 1. The molecule has 20 heteroatoms. The monoisotopic (exact) mass is 770 g/mol. The summed E-state index contributed by atoms with van der Waals surface area (Å²) in [5, 5.41) is 27.5. The fraction of sp³-hybridized carbons (Fsp3) is 0.424. The number of ether oxygens (including phenoxy) is 3. The third-order valence-electron chi connectivity index (χ3n) is 8.06. The molecule has 0 bridgehead atoms. The van der Waals surface area contributed by atoms with E-state index in [-0.39, 0.29) is 46.5 Å². The third-order valence-corrected chi connectivity index (χ3v) is 8.36. The van der Waals surface area contributed by atoms with Gasteiger partial charge in [-0.05, 0) is 44.5 Å². The maximum atomic E-state index is 15.3. The molecule has 0 aliphatic carbocycles. The molecule has 0 radical (unpaired) electrons.